The van der Waals surface area contributed by atoms with Gasteiger partial charge < -0.3 is 5.11 Å². The first-order valence-corrected chi connectivity index (χ1v) is 23.9. The third kappa shape index (κ3) is 7.65. The first kappa shape index (κ1) is 41.2. The summed E-state index contributed by atoms with van der Waals surface area (Å²) >= 11 is 0. The number of aromatic hydroxyl groups is 1. The second-order valence-corrected chi connectivity index (χ2v) is 22.3. The number of nitrogens with zero attached hydrogens (tertiary/aromatic N) is 3. The van der Waals surface area contributed by atoms with E-state index in [1.165, 1.54) is 22.3 Å². The number of hydrogen-bond acceptors (Lipinski definition) is 3. The van der Waals surface area contributed by atoms with E-state index in [9.17, 15) is 5.11 Å². The Morgan fingerprint density at radius 3 is 1.91 bits per heavy atom. The second-order valence-electron chi connectivity index (χ2n) is 22.3. The van der Waals surface area contributed by atoms with E-state index in [-0.39, 0.29) is 27.4 Å². The molecule has 0 atom stereocenters. The smallest absolute Gasteiger partial charge is 0.149 e. The first-order valence-electron chi connectivity index (χ1n) is 25.4. The Morgan fingerprint density at radius 2 is 1.21 bits per heavy atom. The summed E-state index contributed by atoms with van der Waals surface area (Å²) in [6, 6.07) is 52.7. The van der Waals surface area contributed by atoms with Gasteiger partial charge in [-0.05, 0) is 127 Å². The lowest BCUT2D eigenvalue weighted by Gasteiger charge is -2.28. The molecule has 0 unspecified atom stereocenters. The number of benzene rings is 7. The Kier molecular flexibility index (Phi) is 9.72. The number of rotatable bonds is 6. The van der Waals surface area contributed by atoms with Gasteiger partial charge in [-0.2, -0.15) is 0 Å². The molecule has 1 N–H and O–H groups in total. The van der Waals surface area contributed by atoms with Crippen LogP contribution in [-0.4, -0.2) is 19.6 Å². The number of pyridine rings is 1. The number of aryl methyl sites for hydroxylation is 1. The van der Waals surface area contributed by atoms with Gasteiger partial charge in [0.1, 0.15) is 11.6 Å². The minimum absolute atomic E-state index is 0.104. The van der Waals surface area contributed by atoms with Gasteiger partial charge in [-0.1, -0.05) is 185 Å². The number of imidazole rings is 1. The summed E-state index contributed by atoms with van der Waals surface area (Å²) in [4.78, 5) is 10.8. The first-order chi connectivity index (χ1) is 33.4. The number of para-hydroxylation sites is 1. The molecule has 0 amide bonds. The van der Waals surface area contributed by atoms with E-state index in [4.69, 9.17) is 14.1 Å². The Morgan fingerprint density at radius 1 is 0.529 bits per heavy atom. The van der Waals surface area contributed by atoms with Gasteiger partial charge in [0.2, 0.25) is 0 Å². The molecule has 0 fully saturated rings. The van der Waals surface area contributed by atoms with Crippen LogP contribution in [0.15, 0.2) is 158 Å². The number of phenolic OH excluding ortho intramolecular Hbond substituents is 1. The highest BCUT2D eigenvalue weighted by atomic mass is 16.3. The molecule has 68 heavy (non-hydrogen) atoms. The van der Waals surface area contributed by atoms with Gasteiger partial charge in [0.25, 0.3) is 0 Å². The fourth-order valence-corrected chi connectivity index (χ4v) is 10.3. The second kappa shape index (κ2) is 16.0. The third-order valence-electron chi connectivity index (χ3n) is 14.1. The Labute approximate surface area is 407 Å². The van der Waals surface area contributed by atoms with E-state index in [2.05, 4.69) is 202 Å². The van der Waals surface area contributed by atoms with Crippen molar-refractivity contribution in [1.82, 2.24) is 14.5 Å². The van der Waals surface area contributed by atoms with E-state index in [1.54, 1.807) is 12.1 Å². The number of hydrogen-bond donors (Lipinski definition) is 1. The van der Waals surface area contributed by atoms with Crippen LogP contribution in [0.2, 0.25) is 0 Å². The molecule has 0 radical (unpaired) electrons. The highest BCUT2D eigenvalue weighted by Crippen LogP contribution is 2.54. The van der Waals surface area contributed by atoms with Crippen molar-refractivity contribution in [2.24, 2.45) is 0 Å². The standard InChI is InChI=1S/C64H63N3O/c1-39-25-27-40(28-26-39)42-31-32-65-54(35-42)50-34-43(33-49-47-21-16-17-23-52(47)64(11,12)57(49)50)46-22-18-24-56-58(46)66-60(51-37-45(62(5,6)7)38-53(59(51)68)63(8,9)10)67(56)55-30-29-44(61(2,3)4)36-48(55)41-19-14-13-15-20-41/h13-38,68H,1-12H3/i1D3. The van der Waals surface area contributed by atoms with Crippen molar-refractivity contribution in [3.8, 4) is 78.6 Å². The average Bonchev–Trinajstić information content (AvgIpc) is 3.82. The van der Waals surface area contributed by atoms with Crippen molar-refractivity contribution in [2.75, 3.05) is 0 Å². The van der Waals surface area contributed by atoms with Crippen LogP contribution in [0.3, 0.4) is 0 Å². The van der Waals surface area contributed by atoms with Crippen LogP contribution in [0.4, 0.5) is 0 Å². The summed E-state index contributed by atoms with van der Waals surface area (Å²) in [5.74, 6) is 0.891. The Bertz CT molecular complexity index is 3540. The van der Waals surface area contributed by atoms with Gasteiger partial charge in [0.05, 0.1) is 28.0 Å². The highest BCUT2D eigenvalue weighted by Gasteiger charge is 2.39. The van der Waals surface area contributed by atoms with Crippen molar-refractivity contribution >= 4 is 11.0 Å². The van der Waals surface area contributed by atoms with Crippen LogP contribution in [0, 0.1) is 6.85 Å². The van der Waals surface area contributed by atoms with Crippen molar-refractivity contribution in [3.05, 3.63) is 191 Å². The van der Waals surface area contributed by atoms with Crippen molar-refractivity contribution < 1.29 is 9.22 Å². The molecule has 0 aliphatic heterocycles. The summed E-state index contributed by atoms with van der Waals surface area (Å²) in [5.41, 5.74) is 18.5. The van der Waals surface area contributed by atoms with Crippen molar-refractivity contribution in [3.63, 3.8) is 0 Å². The Hall–Kier alpha value is -7.04. The van der Waals surface area contributed by atoms with Crippen LogP contribution in [0.1, 0.15) is 114 Å². The molecular weight excluding hydrogens is 827 g/mol. The minimum atomic E-state index is -2.18. The molecule has 0 saturated carbocycles. The van der Waals surface area contributed by atoms with Gasteiger partial charge in [-0.15, -0.1) is 0 Å². The van der Waals surface area contributed by atoms with E-state index >= 15 is 0 Å². The van der Waals surface area contributed by atoms with E-state index in [0.29, 0.717) is 17.0 Å². The molecule has 2 heterocycles. The molecule has 9 aromatic rings. The van der Waals surface area contributed by atoms with Gasteiger partial charge in [-0.3, -0.25) is 9.55 Å². The number of aromatic nitrogens is 3. The van der Waals surface area contributed by atoms with Gasteiger partial charge >= 0.3 is 0 Å². The predicted octanol–water partition coefficient (Wildman–Crippen LogP) is 17.0. The lowest BCUT2D eigenvalue weighted by atomic mass is 9.78. The maximum Gasteiger partial charge on any atom is 0.149 e. The fourth-order valence-electron chi connectivity index (χ4n) is 10.3. The number of phenols is 1. The number of fused-ring (bicyclic) bond motifs is 4. The molecule has 1 aliphatic carbocycles. The van der Waals surface area contributed by atoms with Crippen LogP contribution in [-0.2, 0) is 21.7 Å². The van der Waals surface area contributed by atoms with Crippen LogP contribution < -0.4 is 0 Å². The maximum atomic E-state index is 12.7. The van der Waals surface area contributed by atoms with Crippen LogP contribution >= 0.6 is 0 Å². The molecule has 340 valence electrons. The monoisotopic (exact) mass is 893 g/mol. The fraction of sp³-hybridized carbons (Fsp3) is 0.250. The molecule has 10 rings (SSSR count). The van der Waals surface area contributed by atoms with Crippen molar-refractivity contribution in [2.45, 2.75) is 105 Å². The topological polar surface area (TPSA) is 50.9 Å². The lowest BCUT2D eigenvalue weighted by molar-refractivity contribution is 0.446. The SMILES string of the molecule is [2H]C([2H])([2H])c1ccc(-c2ccnc(-c3cc(-c4cccc5c4nc(-c4cc(C(C)(C)C)cc(C(C)(C)C)c4O)n5-c4ccc(C(C)(C)C)cc4-c4ccccc4)cc4c3C(C)(C)c3ccccc3-4)c2)cc1. The molecule has 7 aromatic carbocycles. The predicted molar refractivity (Wildman–Crippen MR) is 286 cm³/mol. The van der Waals surface area contributed by atoms with E-state index in [1.807, 2.05) is 24.4 Å². The summed E-state index contributed by atoms with van der Waals surface area (Å²) in [7, 11) is 0. The normalized spacial score (nSPS) is 14.3. The third-order valence-corrected chi connectivity index (χ3v) is 14.1. The van der Waals surface area contributed by atoms with Crippen LogP contribution in [0.25, 0.3) is 83.9 Å². The van der Waals surface area contributed by atoms with E-state index in [0.717, 1.165) is 78.0 Å². The van der Waals surface area contributed by atoms with Gasteiger partial charge in [0.15, 0.2) is 0 Å². The highest BCUT2D eigenvalue weighted by molar-refractivity contribution is 6.00. The Balaban J connectivity index is 1.29. The quantitative estimate of drug-likeness (QED) is 0.181. The van der Waals surface area contributed by atoms with Crippen molar-refractivity contribution in [1.29, 1.82) is 0 Å². The average molecular weight is 893 g/mol. The summed E-state index contributed by atoms with van der Waals surface area (Å²) in [6.07, 6.45) is 1.85. The molecule has 0 bridgehead atoms. The van der Waals surface area contributed by atoms with Gasteiger partial charge in [-0.25, -0.2) is 4.98 Å². The van der Waals surface area contributed by atoms with Crippen LogP contribution in [0.5, 0.6) is 5.75 Å². The molecule has 4 nitrogen and oxygen atoms in total. The summed E-state index contributed by atoms with van der Waals surface area (Å²) < 4.78 is 26.1. The van der Waals surface area contributed by atoms with E-state index < -0.39 is 6.85 Å². The van der Waals surface area contributed by atoms with Gasteiger partial charge in [0, 0.05) is 38.0 Å². The zero-order valence-corrected chi connectivity index (χ0v) is 41.3. The molecule has 2 aromatic heterocycles. The largest absolute Gasteiger partial charge is 0.507 e. The molecule has 0 saturated heterocycles. The molecule has 1 aliphatic rings. The lowest BCUT2D eigenvalue weighted by Crippen LogP contribution is -2.17. The molecule has 4 heteroatoms. The maximum absolute atomic E-state index is 12.7. The molecular formula is C64H63N3O. The molecule has 0 spiro atoms. The summed E-state index contributed by atoms with van der Waals surface area (Å²) in [5, 5.41) is 12.7. The minimum Gasteiger partial charge on any atom is -0.507 e. The zero-order chi connectivity index (χ0) is 50.6. The zero-order valence-electron chi connectivity index (χ0n) is 44.3. The summed E-state index contributed by atoms with van der Waals surface area (Å²) in [6.45, 7) is 22.3.